The van der Waals surface area contributed by atoms with Crippen LogP contribution < -0.4 is 10.1 Å². The van der Waals surface area contributed by atoms with Gasteiger partial charge in [0, 0.05) is 19.6 Å². The van der Waals surface area contributed by atoms with Crippen molar-refractivity contribution in [3.8, 4) is 5.75 Å². The van der Waals surface area contributed by atoms with Crippen LogP contribution in [0.3, 0.4) is 0 Å². The van der Waals surface area contributed by atoms with E-state index in [1.807, 2.05) is 45.0 Å². The van der Waals surface area contributed by atoms with Crippen molar-refractivity contribution in [2.24, 2.45) is 0 Å². The molecule has 0 aliphatic heterocycles. The predicted octanol–water partition coefficient (Wildman–Crippen LogP) is 2.24. The molecule has 1 aromatic carbocycles. The lowest BCUT2D eigenvalue weighted by molar-refractivity contribution is 0.242. The Morgan fingerprint density at radius 1 is 1.23 bits per heavy atom. The minimum absolute atomic E-state index is 0.181. The number of hydrogen-bond acceptors (Lipinski definition) is 4. The van der Waals surface area contributed by atoms with E-state index in [1.54, 1.807) is 0 Å². The summed E-state index contributed by atoms with van der Waals surface area (Å²) >= 11 is 0. The summed E-state index contributed by atoms with van der Waals surface area (Å²) in [6.45, 7) is 8.51. The zero-order valence-corrected chi connectivity index (χ0v) is 14.8. The van der Waals surface area contributed by atoms with Crippen LogP contribution in [0.1, 0.15) is 32.8 Å². The first-order valence-corrected chi connectivity index (χ1v) is 9.59. The minimum atomic E-state index is -3.08. The summed E-state index contributed by atoms with van der Waals surface area (Å²) in [6, 6.07) is 8.03. The van der Waals surface area contributed by atoms with Gasteiger partial charge in [-0.2, -0.15) is 0 Å². The molecule has 0 aromatic heterocycles. The predicted molar refractivity (Wildman–Crippen MR) is 90.6 cm³/mol. The van der Waals surface area contributed by atoms with E-state index in [-0.39, 0.29) is 6.10 Å². The van der Waals surface area contributed by atoms with Crippen LogP contribution in [0.25, 0.3) is 0 Å². The Bertz CT molecular complexity index is 527. The topological polar surface area (TPSA) is 58.6 Å². The van der Waals surface area contributed by atoms with Crippen molar-refractivity contribution >= 4 is 10.0 Å². The molecular formula is C16H28N2O3S. The number of hydrogen-bond donors (Lipinski definition) is 1. The van der Waals surface area contributed by atoms with Crippen molar-refractivity contribution in [2.45, 2.75) is 39.8 Å². The molecule has 0 bridgehead atoms. The van der Waals surface area contributed by atoms with E-state index in [0.717, 1.165) is 25.3 Å². The molecule has 0 fully saturated rings. The molecule has 0 unspecified atom stereocenters. The first-order valence-electron chi connectivity index (χ1n) is 7.74. The van der Waals surface area contributed by atoms with E-state index in [0.29, 0.717) is 13.1 Å². The highest BCUT2D eigenvalue weighted by molar-refractivity contribution is 7.88. The molecule has 0 saturated carbocycles. The van der Waals surface area contributed by atoms with Crippen molar-refractivity contribution in [2.75, 3.05) is 25.9 Å². The number of rotatable bonds is 10. The number of benzene rings is 1. The fraction of sp³-hybridized carbons (Fsp3) is 0.625. The minimum Gasteiger partial charge on any atom is -0.491 e. The first kappa shape index (κ1) is 18.9. The zero-order valence-electron chi connectivity index (χ0n) is 14.0. The van der Waals surface area contributed by atoms with Gasteiger partial charge in [-0.25, -0.2) is 12.7 Å². The SMILES string of the molecule is CCN(CCCNCc1ccc(OC(C)C)cc1)S(C)(=O)=O. The van der Waals surface area contributed by atoms with Crippen LogP contribution in [-0.4, -0.2) is 44.7 Å². The second-order valence-electron chi connectivity index (χ2n) is 5.60. The Balaban J connectivity index is 2.27. The van der Waals surface area contributed by atoms with Crippen LogP contribution in [0.4, 0.5) is 0 Å². The average Bonchev–Trinajstić information content (AvgIpc) is 2.42. The van der Waals surface area contributed by atoms with Gasteiger partial charge < -0.3 is 10.1 Å². The Labute approximate surface area is 134 Å². The van der Waals surface area contributed by atoms with Gasteiger partial charge in [0.2, 0.25) is 10.0 Å². The highest BCUT2D eigenvalue weighted by atomic mass is 32.2. The Kier molecular flexibility index (Phi) is 7.85. The second-order valence-corrected chi connectivity index (χ2v) is 7.58. The average molecular weight is 328 g/mol. The van der Waals surface area contributed by atoms with Gasteiger partial charge >= 0.3 is 0 Å². The van der Waals surface area contributed by atoms with Gasteiger partial charge in [0.25, 0.3) is 0 Å². The third-order valence-electron chi connectivity index (χ3n) is 3.21. The second kappa shape index (κ2) is 9.12. The molecular weight excluding hydrogens is 300 g/mol. The summed E-state index contributed by atoms with van der Waals surface area (Å²) in [6.07, 6.45) is 2.24. The molecule has 0 radical (unpaired) electrons. The summed E-state index contributed by atoms with van der Waals surface area (Å²) in [4.78, 5) is 0. The lowest BCUT2D eigenvalue weighted by atomic mass is 10.2. The maximum atomic E-state index is 11.4. The van der Waals surface area contributed by atoms with Crippen molar-refractivity contribution in [3.63, 3.8) is 0 Å². The van der Waals surface area contributed by atoms with Crippen molar-refractivity contribution < 1.29 is 13.2 Å². The molecule has 22 heavy (non-hydrogen) atoms. The normalized spacial score (nSPS) is 12.1. The van der Waals surface area contributed by atoms with Gasteiger partial charge in [-0.05, 0) is 44.5 Å². The third kappa shape index (κ3) is 7.24. The number of ether oxygens (including phenoxy) is 1. The molecule has 0 atom stereocenters. The van der Waals surface area contributed by atoms with Crippen LogP contribution in [0.2, 0.25) is 0 Å². The fourth-order valence-electron chi connectivity index (χ4n) is 2.13. The molecule has 0 spiro atoms. The molecule has 0 heterocycles. The molecule has 0 aliphatic rings. The zero-order chi connectivity index (χ0) is 16.6. The monoisotopic (exact) mass is 328 g/mol. The Hall–Kier alpha value is -1.11. The molecule has 0 saturated heterocycles. The Morgan fingerprint density at radius 3 is 2.36 bits per heavy atom. The maximum Gasteiger partial charge on any atom is 0.211 e. The van der Waals surface area contributed by atoms with Gasteiger partial charge in [0.15, 0.2) is 0 Å². The summed E-state index contributed by atoms with van der Waals surface area (Å²) in [5.41, 5.74) is 1.19. The number of sulfonamides is 1. The number of nitrogens with one attached hydrogen (secondary N) is 1. The molecule has 1 aromatic rings. The summed E-state index contributed by atoms with van der Waals surface area (Å²) in [7, 11) is -3.08. The largest absolute Gasteiger partial charge is 0.491 e. The van der Waals surface area contributed by atoms with Crippen LogP contribution >= 0.6 is 0 Å². The van der Waals surface area contributed by atoms with Crippen LogP contribution in [-0.2, 0) is 16.6 Å². The molecule has 1 N–H and O–H groups in total. The lowest BCUT2D eigenvalue weighted by Gasteiger charge is -2.17. The van der Waals surface area contributed by atoms with E-state index >= 15 is 0 Å². The molecule has 0 aliphatic carbocycles. The van der Waals surface area contributed by atoms with Crippen molar-refractivity contribution in [1.82, 2.24) is 9.62 Å². The van der Waals surface area contributed by atoms with Crippen molar-refractivity contribution in [3.05, 3.63) is 29.8 Å². The van der Waals surface area contributed by atoms with Crippen LogP contribution in [0.15, 0.2) is 24.3 Å². The maximum absolute atomic E-state index is 11.4. The molecule has 0 amide bonds. The van der Waals surface area contributed by atoms with Crippen LogP contribution in [0, 0.1) is 0 Å². The van der Waals surface area contributed by atoms with Gasteiger partial charge in [-0.15, -0.1) is 0 Å². The number of nitrogens with zero attached hydrogens (tertiary/aromatic N) is 1. The summed E-state index contributed by atoms with van der Waals surface area (Å²) in [5, 5.41) is 3.33. The van der Waals surface area contributed by atoms with Gasteiger partial charge in [0.1, 0.15) is 5.75 Å². The smallest absolute Gasteiger partial charge is 0.211 e. The summed E-state index contributed by atoms with van der Waals surface area (Å²) < 4.78 is 30.0. The Morgan fingerprint density at radius 2 is 1.86 bits per heavy atom. The van der Waals surface area contributed by atoms with Gasteiger partial charge in [-0.3, -0.25) is 0 Å². The molecule has 126 valence electrons. The molecule has 1 rings (SSSR count). The van der Waals surface area contributed by atoms with Gasteiger partial charge in [0.05, 0.1) is 12.4 Å². The summed E-state index contributed by atoms with van der Waals surface area (Å²) in [5.74, 6) is 0.880. The lowest BCUT2D eigenvalue weighted by Crippen LogP contribution is -2.32. The molecule has 5 nitrogen and oxygen atoms in total. The van der Waals surface area contributed by atoms with E-state index in [2.05, 4.69) is 5.32 Å². The van der Waals surface area contributed by atoms with E-state index in [1.165, 1.54) is 16.1 Å². The van der Waals surface area contributed by atoms with E-state index in [4.69, 9.17) is 4.74 Å². The highest BCUT2D eigenvalue weighted by Gasteiger charge is 2.12. The van der Waals surface area contributed by atoms with E-state index in [9.17, 15) is 8.42 Å². The quantitative estimate of drug-likeness (QED) is 0.669. The van der Waals surface area contributed by atoms with Crippen LogP contribution in [0.5, 0.6) is 5.75 Å². The standard InChI is InChI=1S/C16H28N2O3S/c1-5-18(22(4,19)20)12-6-11-17-13-15-7-9-16(10-8-15)21-14(2)3/h7-10,14,17H,5-6,11-13H2,1-4H3. The fourth-order valence-corrected chi connectivity index (χ4v) is 3.06. The first-order chi connectivity index (χ1) is 10.3. The van der Waals surface area contributed by atoms with Crippen molar-refractivity contribution in [1.29, 1.82) is 0 Å². The van der Waals surface area contributed by atoms with E-state index < -0.39 is 10.0 Å². The third-order valence-corrected chi connectivity index (χ3v) is 4.59. The highest BCUT2D eigenvalue weighted by Crippen LogP contribution is 2.13. The molecule has 6 heteroatoms. The van der Waals surface area contributed by atoms with Gasteiger partial charge in [-0.1, -0.05) is 19.1 Å².